The molecule has 0 unspecified atom stereocenters. The van der Waals surface area contributed by atoms with Gasteiger partial charge in [0, 0.05) is 23.6 Å². The predicted molar refractivity (Wildman–Crippen MR) is 77.5 cm³/mol. The first-order chi connectivity index (χ1) is 9.19. The highest BCUT2D eigenvalue weighted by Crippen LogP contribution is 2.19. The quantitative estimate of drug-likeness (QED) is 0.876. The van der Waals surface area contributed by atoms with E-state index in [1.165, 1.54) is 0 Å². The van der Waals surface area contributed by atoms with Crippen LogP contribution in [-0.4, -0.2) is 22.6 Å². The summed E-state index contributed by atoms with van der Waals surface area (Å²) in [5, 5.41) is 7.06. The van der Waals surface area contributed by atoms with Gasteiger partial charge in [-0.05, 0) is 12.1 Å². The van der Waals surface area contributed by atoms with E-state index in [0.29, 0.717) is 23.3 Å². The van der Waals surface area contributed by atoms with Gasteiger partial charge in [-0.2, -0.15) is 4.98 Å². The fourth-order valence-electron chi connectivity index (χ4n) is 1.47. The lowest BCUT2D eigenvalue weighted by molar-refractivity contribution is -0.121. The van der Waals surface area contributed by atoms with Crippen molar-refractivity contribution in [2.24, 2.45) is 5.73 Å². The van der Waals surface area contributed by atoms with Crippen LogP contribution in [0.4, 0.5) is 0 Å². The molecule has 0 fully saturated rings. The summed E-state index contributed by atoms with van der Waals surface area (Å²) >= 11 is 5.88. The molecule has 1 aromatic heterocycles. The third-order valence-corrected chi connectivity index (χ3v) is 2.59. The van der Waals surface area contributed by atoms with E-state index in [0.717, 1.165) is 5.56 Å². The molecule has 20 heavy (non-hydrogen) atoms. The molecule has 6 nitrogen and oxygen atoms in total. The molecule has 3 N–H and O–H groups in total. The van der Waals surface area contributed by atoms with Gasteiger partial charge in [-0.1, -0.05) is 28.9 Å². The Kier molecular flexibility index (Phi) is 6.44. The first kappa shape index (κ1) is 16.4. The zero-order chi connectivity index (χ0) is 13.7. The Balaban J connectivity index is 0.00000200. The van der Waals surface area contributed by atoms with Gasteiger partial charge in [0.25, 0.3) is 0 Å². The van der Waals surface area contributed by atoms with Gasteiger partial charge >= 0.3 is 0 Å². The molecule has 0 saturated carbocycles. The van der Waals surface area contributed by atoms with E-state index in [4.69, 9.17) is 21.9 Å². The number of halogens is 2. The number of hydrogen-bond acceptors (Lipinski definition) is 5. The van der Waals surface area contributed by atoms with Gasteiger partial charge in [-0.25, -0.2) is 0 Å². The molecule has 1 aromatic carbocycles. The largest absolute Gasteiger partial charge is 0.347 e. The van der Waals surface area contributed by atoms with Gasteiger partial charge in [0.1, 0.15) is 0 Å². The van der Waals surface area contributed by atoms with Crippen molar-refractivity contribution < 1.29 is 9.32 Å². The van der Waals surface area contributed by atoms with Crippen LogP contribution in [0.3, 0.4) is 0 Å². The number of nitrogens with zero attached hydrogens (tertiary/aromatic N) is 2. The standard InChI is InChI=1S/C12H13ClN4O2.ClH/c13-9-3-1-2-8(6-9)12-16-11(19-17-12)7-15-10(18)4-5-14;/h1-3,6H,4-5,7,14H2,(H,15,18);1H. The SMILES string of the molecule is Cl.NCCC(=O)NCc1nc(-c2cccc(Cl)c2)no1. The smallest absolute Gasteiger partial charge is 0.246 e. The number of amides is 1. The topological polar surface area (TPSA) is 94.0 Å². The maximum Gasteiger partial charge on any atom is 0.246 e. The minimum absolute atomic E-state index is 0. The average Bonchev–Trinajstić information content (AvgIpc) is 2.85. The molecule has 0 atom stereocenters. The molecule has 0 aliphatic carbocycles. The number of carbonyl (C=O) groups excluding carboxylic acids is 1. The van der Waals surface area contributed by atoms with Crippen LogP contribution in [0.15, 0.2) is 28.8 Å². The minimum Gasteiger partial charge on any atom is -0.347 e. The van der Waals surface area contributed by atoms with Crippen LogP contribution >= 0.6 is 24.0 Å². The van der Waals surface area contributed by atoms with E-state index in [1.54, 1.807) is 18.2 Å². The summed E-state index contributed by atoms with van der Waals surface area (Å²) in [5.74, 6) is 0.621. The molecule has 8 heteroatoms. The average molecular weight is 317 g/mol. The molecular formula is C12H14Cl2N4O2. The Labute approximate surface area is 127 Å². The summed E-state index contributed by atoms with van der Waals surface area (Å²) in [5.41, 5.74) is 6.03. The van der Waals surface area contributed by atoms with E-state index in [9.17, 15) is 4.79 Å². The number of nitrogens with one attached hydrogen (secondary N) is 1. The molecule has 0 radical (unpaired) electrons. The van der Waals surface area contributed by atoms with E-state index in [1.807, 2.05) is 6.07 Å². The van der Waals surface area contributed by atoms with E-state index < -0.39 is 0 Å². The van der Waals surface area contributed by atoms with Crippen LogP contribution in [0, 0.1) is 0 Å². The van der Waals surface area contributed by atoms with Crippen LogP contribution in [0.2, 0.25) is 5.02 Å². The van der Waals surface area contributed by atoms with Crippen molar-refractivity contribution in [1.82, 2.24) is 15.5 Å². The molecule has 108 valence electrons. The van der Waals surface area contributed by atoms with Gasteiger partial charge in [0.2, 0.25) is 17.6 Å². The fourth-order valence-corrected chi connectivity index (χ4v) is 1.66. The summed E-state index contributed by atoms with van der Waals surface area (Å²) in [6.07, 6.45) is 0.273. The highest BCUT2D eigenvalue weighted by atomic mass is 35.5. The molecule has 2 aromatic rings. The molecule has 2 rings (SSSR count). The molecule has 0 aliphatic rings. The van der Waals surface area contributed by atoms with E-state index >= 15 is 0 Å². The molecule has 0 bridgehead atoms. The fraction of sp³-hybridized carbons (Fsp3) is 0.250. The number of benzene rings is 1. The summed E-state index contributed by atoms with van der Waals surface area (Å²) in [6.45, 7) is 0.496. The Morgan fingerprint density at radius 3 is 2.95 bits per heavy atom. The Morgan fingerprint density at radius 1 is 1.45 bits per heavy atom. The Bertz CT molecular complexity index is 574. The first-order valence-corrected chi connectivity index (χ1v) is 6.12. The van der Waals surface area contributed by atoms with Crippen LogP contribution in [0.25, 0.3) is 11.4 Å². The number of rotatable bonds is 5. The van der Waals surface area contributed by atoms with Crippen LogP contribution in [0.5, 0.6) is 0 Å². The number of hydrogen-bond donors (Lipinski definition) is 2. The van der Waals surface area contributed by atoms with Gasteiger partial charge in [0.15, 0.2) is 0 Å². The Morgan fingerprint density at radius 2 is 2.25 bits per heavy atom. The van der Waals surface area contributed by atoms with Gasteiger partial charge < -0.3 is 15.6 Å². The van der Waals surface area contributed by atoms with Crippen molar-refractivity contribution in [2.75, 3.05) is 6.54 Å². The maximum absolute atomic E-state index is 11.2. The third-order valence-electron chi connectivity index (χ3n) is 2.36. The van der Waals surface area contributed by atoms with Crippen LogP contribution in [-0.2, 0) is 11.3 Å². The summed E-state index contributed by atoms with van der Waals surface area (Å²) in [4.78, 5) is 15.4. The minimum atomic E-state index is -0.148. The first-order valence-electron chi connectivity index (χ1n) is 5.74. The number of carbonyl (C=O) groups is 1. The number of nitrogens with two attached hydrogens (primary N) is 1. The lowest BCUT2D eigenvalue weighted by Crippen LogP contribution is -2.25. The van der Waals surface area contributed by atoms with Crippen LogP contribution < -0.4 is 11.1 Å². The predicted octanol–water partition coefficient (Wildman–Crippen LogP) is 1.78. The summed E-state index contributed by atoms with van der Waals surface area (Å²) < 4.78 is 5.04. The van der Waals surface area contributed by atoms with Crippen LogP contribution in [0.1, 0.15) is 12.3 Å². The summed E-state index contributed by atoms with van der Waals surface area (Å²) in [6, 6.07) is 7.13. The highest BCUT2D eigenvalue weighted by molar-refractivity contribution is 6.30. The maximum atomic E-state index is 11.2. The third kappa shape index (κ3) is 4.48. The van der Waals surface area contributed by atoms with Crippen molar-refractivity contribution in [3.8, 4) is 11.4 Å². The molecule has 0 spiro atoms. The van der Waals surface area contributed by atoms with Crippen molar-refractivity contribution in [1.29, 1.82) is 0 Å². The number of aromatic nitrogens is 2. The van der Waals surface area contributed by atoms with E-state index in [-0.39, 0.29) is 31.3 Å². The van der Waals surface area contributed by atoms with Crippen molar-refractivity contribution >= 4 is 29.9 Å². The molecule has 0 saturated heterocycles. The Hall–Kier alpha value is -1.63. The molecule has 0 aliphatic heterocycles. The van der Waals surface area contributed by atoms with Gasteiger partial charge in [-0.15, -0.1) is 12.4 Å². The lowest BCUT2D eigenvalue weighted by Gasteiger charge is -1.99. The van der Waals surface area contributed by atoms with Gasteiger partial charge in [0.05, 0.1) is 6.54 Å². The second kappa shape index (κ2) is 7.84. The van der Waals surface area contributed by atoms with E-state index in [2.05, 4.69) is 15.5 Å². The van der Waals surface area contributed by atoms with Gasteiger partial charge in [-0.3, -0.25) is 4.79 Å². The highest BCUT2D eigenvalue weighted by Gasteiger charge is 2.09. The molecule has 1 amide bonds. The summed E-state index contributed by atoms with van der Waals surface area (Å²) in [7, 11) is 0. The van der Waals surface area contributed by atoms with Crippen molar-refractivity contribution in [3.63, 3.8) is 0 Å². The van der Waals surface area contributed by atoms with Crippen molar-refractivity contribution in [3.05, 3.63) is 35.2 Å². The monoisotopic (exact) mass is 316 g/mol. The molecular weight excluding hydrogens is 303 g/mol. The zero-order valence-corrected chi connectivity index (χ0v) is 12.1. The second-order valence-electron chi connectivity index (χ2n) is 3.84. The normalized spacial score (nSPS) is 9.90. The molecule has 1 heterocycles. The second-order valence-corrected chi connectivity index (χ2v) is 4.27. The lowest BCUT2D eigenvalue weighted by atomic mass is 10.2. The van der Waals surface area contributed by atoms with Crippen molar-refractivity contribution in [2.45, 2.75) is 13.0 Å². The zero-order valence-electron chi connectivity index (χ0n) is 10.5.